The summed E-state index contributed by atoms with van der Waals surface area (Å²) in [4.78, 5) is 26.7. The average molecular weight is 260 g/mol. The molecule has 0 unspecified atom stereocenters. The largest absolute Gasteiger partial charge is 0.467 e. The maximum absolute atomic E-state index is 12.1. The van der Waals surface area contributed by atoms with Crippen LogP contribution in [0.3, 0.4) is 0 Å². The maximum atomic E-state index is 12.1. The Hall–Kier alpha value is -2.30. The number of esters is 1. The first-order valence-electron chi connectivity index (χ1n) is 5.92. The SMILES string of the molecule is COC(=O)C(C)(C)NC(=O)c1ccc2cc[nH]c2c1. The molecule has 5 nitrogen and oxygen atoms in total. The molecule has 5 heteroatoms. The fraction of sp³-hybridized carbons (Fsp3) is 0.286. The van der Waals surface area contributed by atoms with Gasteiger partial charge in [0, 0.05) is 17.3 Å². The van der Waals surface area contributed by atoms with E-state index in [9.17, 15) is 9.59 Å². The maximum Gasteiger partial charge on any atom is 0.330 e. The van der Waals surface area contributed by atoms with E-state index in [4.69, 9.17) is 0 Å². The van der Waals surface area contributed by atoms with Crippen molar-refractivity contribution in [2.75, 3.05) is 7.11 Å². The van der Waals surface area contributed by atoms with Gasteiger partial charge in [-0.1, -0.05) is 6.07 Å². The number of fused-ring (bicyclic) bond motifs is 1. The van der Waals surface area contributed by atoms with Crippen molar-refractivity contribution in [3.05, 3.63) is 36.0 Å². The minimum Gasteiger partial charge on any atom is -0.467 e. The van der Waals surface area contributed by atoms with E-state index < -0.39 is 11.5 Å². The number of nitrogens with one attached hydrogen (secondary N) is 2. The third-order valence-corrected chi connectivity index (χ3v) is 2.94. The van der Waals surface area contributed by atoms with Crippen LogP contribution >= 0.6 is 0 Å². The molecule has 0 spiro atoms. The van der Waals surface area contributed by atoms with Crippen LogP contribution in [0.1, 0.15) is 24.2 Å². The molecular formula is C14H16N2O3. The number of ether oxygens (including phenoxy) is 1. The third kappa shape index (κ3) is 2.59. The lowest BCUT2D eigenvalue weighted by atomic mass is 10.0. The van der Waals surface area contributed by atoms with Gasteiger partial charge < -0.3 is 15.0 Å². The standard InChI is InChI=1S/C14H16N2O3/c1-14(2,13(18)19-3)16-12(17)10-5-4-9-6-7-15-11(9)8-10/h4-8,15H,1-3H3,(H,16,17). The van der Waals surface area contributed by atoms with Gasteiger partial charge in [-0.25, -0.2) is 4.79 Å². The van der Waals surface area contributed by atoms with Crippen molar-refractivity contribution in [2.24, 2.45) is 0 Å². The van der Waals surface area contributed by atoms with Gasteiger partial charge in [-0.15, -0.1) is 0 Å². The lowest BCUT2D eigenvalue weighted by molar-refractivity contribution is -0.146. The van der Waals surface area contributed by atoms with Gasteiger partial charge in [0.25, 0.3) is 5.91 Å². The molecule has 2 N–H and O–H groups in total. The molecule has 2 aromatic rings. The summed E-state index contributed by atoms with van der Waals surface area (Å²) in [5, 5.41) is 3.68. The van der Waals surface area contributed by atoms with Crippen molar-refractivity contribution in [3.8, 4) is 0 Å². The second-order valence-electron chi connectivity index (χ2n) is 4.85. The molecule has 0 aliphatic rings. The van der Waals surface area contributed by atoms with Crippen LogP contribution in [-0.4, -0.2) is 29.5 Å². The quantitative estimate of drug-likeness (QED) is 0.827. The molecule has 100 valence electrons. The zero-order valence-corrected chi connectivity index (χ0v) is 11.1. The molecule has 2 rings (SSSR count). The number of carbonyl (C=O) groups is 2. The molecule has 0 bridgehead atoms. The minimum atomic E-state index is -1.06. The van der Waals surface area contributed by atoms with E-state index >= 15 is 0 Å². The van der Waals surface area contributed by atoms with Crippen LogP contribution in [0.5, 0.6) is 0 Å². The summed E-state index contributed by atoms with van der Waals surface area (Å²) in [7, 11) is 1.29. The summed E-state index contributed by atoms with van der Waals surface area (Å²) >= 11 is 0. The number of hydrogen-bond donors (Lipinski definition) is 2. The molecule has 0 radical (unpaired) electrons. The summed E-state index contributed by atoms with van der Waals surface area (Å²) in [5.74, 6) is -0.797. The molecule has 0 saturated carbocycles. The van der Waals surface area contributed by atoms with Crippen LogP contribution in [0.4, 0.5) is 0 Å². The highest BCUT2D eigenvalue weighted by molar-refractivity contribution is 6.00. The Kier molecular flexibility index (Phi) is 3.29. The summed E-state index contributed by atoms with van der Waals surface area (Å²) in [5.41, 5.74) is 0.312. The van der Waals surface area contributed by atoms with E-state index in [1.807, 2.05) is 18.3 Å². The molecule has 1 heterocycles. The lowest BCUT2D eigenvalue weighted by Gasteiger charge is -2.23. The van der Waals surface area contributed by atoms with Gasteiger partial charge in [-0.05, 0) is 37.4 Å². The Morgan fingerprint density at radius 2 is 2.00 bits per heavy atom. The number of benzene rings is 1. The summed E-state index contributed by atoms with van der Waals surface area (Å²) < 4.78 is 4.65. The van der Waals surface area contributed by atoms with Crippen molar-refractivity contribution >= 4 is 22.8 Å². The molecule has 0 aliphatic heterocycles. The number of H-pyrrole nitrogens is 1. The smallest absolute Gasteiger partial charge is 0.330 e. The van der Waals surface area contributed by atoms with Gasteiger partial charge in [-0.2, -0.15) is 0 Å². The number of aromatic amines is 1. The number of aromatic nitrogens is 1. The van der Waals surface area contributed by atoms with Gasteiger partial charge >= 0.3 is 5.97 Å². The van der Waals surface area contributed by atoms with E-state index in [-0.39, 0.29) is 5.91 Å². The zero-order valence-electron chi connectivity index (χ0n) is 11.1. The predicted molar refractivity (Wildman–Crippen MR) is 71.9 cm³/mol. The van der Waals surface area contributed by atoms with Gasteiger partial charge in [0.15, 0.2) is 0 Å². The van der Waals surface area contributed by atoms with Crippen molar-refractivity contribution in [2.45, 2.75) is 19.4 Å². The van der Waals surface area contributed by atoms with Gasteiger partial charge in [0.1, 0.15) is 5.54 Å². The van der Waals surface area contributed by atoms with Crippen molar-refractivity contribution < 1.29 is 14.3 Å². The number of hydrogen-bond acceptors (Lipinski definition) is 3. The summed E-state index contributed by atoms with van der Waals surface area (Å²) in [6.07, 6.45) is 1.81. The Balaban J connectivity index is 2.22. The van der Waals surface area contributed by atoms with Gasteiger partial charge in [0.2, 0.25) is 0 Å². The Bertz CT molecular complexity index is 628. The average Bonchev–Trinajstić information content (AvgIpc) is 2.84. The van der Waals surface area contributed by atoms with Gasteiger partial charge in [-0.3, -0.25) is 4.79 Å². The van der Waals surface area contributed by atoms with Crippen LogP contribution in [0.2, 0.25) is 0 Å². The van der Waals surface area contributed by atoms with Crippen molar-refractivity contribution in [1.82, 2.24) is 10.3 Å². The van der Waals surface area contributed by atoms with Crippen LogP contribution in [0.25, 0.3) is 10.9 Å². The van der Waals surface area contributed by atoms with Crippen LogP contribution < -0.4 is 5.32 Å². The summed E-state index contributed by atoms with van der Waals surface area (Å²) in [6, 6.07) is 7.25. The van der Waals surface area contributed by atoms with Crippen LogP contribution in [0, 0.1) is 0 Å². The van der Waals surface area contributed by atoms with Crippen molar-refractivity contribution in [1.29, 1.82) is 0 Å². The van der Waals surface area contributed by atoms with Gasteiger partial charge in [0.05, 0.1) is 7.11 Å². The topological polar surface area (TPSA) is 71.2 Å². The predicted octanol–water partition coefficient (Wildman–Crippen LogP) is 1.85. The third-order valence-electron chi connectivity index (χ3n) is 2.94. The molecule has 0 fully saturated rings. The van der Waals surface area contributed by atoms with Crippen LogP contribution in [-0.2, 0) is 9.53 Å². The number of amides is 1. The highest BCUT2D eigenvalue weighted by Gasteiger charge is 2.30. The minimum absolute atomic E-state index is 0.313. The first-order valence-corrected chi connectivity index (χ1v) is 5.92. The van der Waals surface area contributed by atoms with E-state index in [2.05, 4.69) is 15.0 Å². The molecule has 1 amide bonds. The molecule has 0 aliphatic carbocycles. The number of carbonyl (C=O) groups excluding carboxylic acids is 2. The van der Waals surface area contributed by atoms with Crippen LogP contribution in [0.15, 0.2) is 30.5 Å². The molecule has 0 atom stereocenters. The molecule has 19 heavy (non-hydrogen) atoms. The normalized spacial score (nSPS) is 11.3. The number of rotatable bonds is 3. The monoisotopic (exact) mass is 260 g/mol. The fourth-order valence-corrected chi connectivity index (χ4v) is 1.85. The second kappa shape index (κ2) is 4.76. The number of methoxy groups -OCH3 is 1. The van der Waals surface area contributed by atoms with E-state index in [1.54, 1.807) is 26.0 Å². The first kappa shape index (κ1) is 13.1. The fourth-order valence-electron chi connectivity index (χ4n) is 1.85. The summed E-state index contributed by atoms with van der Waals surface area (Å²) in [6.45, 7) is 3.20. The Morgan fingerprint density at radius 1 is 1.26 bits per heavy atom. The van der Waals surface area contributed by atoms with E-state index in [0.29, 0.717) is 5.56 Å². The van der Waals surface area contributed by atoms with E-state index in [0.717, 1.165) is 10.9 Å². The second-order valence-corrected chi connectivity index (χ2v) is 4.85. The zero-order chi connectivity index (χ0) is 14.0. The molecule has 1 aromatic carbocycles. The Morgan fingerprint density at radius 3 is 2.68 bits per heavy atom. The highest BCUT2D eigenvalue weighted by atomic mass is 16.5. The van der Waals surface area contributed by atoms with E-state index in [1.165, 1.54) is 7.11 Å². The molecular weight excluding hydrogens is 244 g/mol. The highest BCUT2D eigenvalue weighted by Crippen LogP contribution is 2.15. The van der Waals surface area contributed by atoms with Crippen molar-refractivity contribution in [3.63, 3.8) is 0 Å². The Labute approximate surface area is 110 Å². The first-order chi connectivity index (χ1) is 8.94. The molecule has 0 saturated heterocycles. The lowest BCUT2D eigenvalue weighted by Crippen LogP contribution is -2.50. The molecule has 1 aromatic heterocycles.